The second-order valence-electron chi connectivity index (χ2n) is 7.43. The van der Waals surface area contributed by atoms with Gasteiger partial charge in [-0.1, -0.05) is 6.92 Å². The lowest BCUT2D eigenvalue weighted by atomic mass is 9.94. The van der Waals surface area contributed by atoms with Gasteiger partial charge in [0.25, 0.3) is 0 Å². The van der Waals surface area contributed by atoms with Crippen molar-refractivity contribution < 1.29 is 0 Å². The molecule has 0 aromatic heterocycles. The van der Waals surface area contributed by atoms with Gasteiger partial charge in [0.05, 0.1) is 0 Å². The molecule has 0 aromatic rings. The summed E-state index contributed by atoms with van der Waals surface area (Å²) in [5.41, 5.74) is 0.233. The van der Waals surface area contributed by atoms with E-state index in [4.69, 9.17) is 0 Å². The molecule has 114 valence electrons. The largest absolute Gasteiger partial charge is 0.311 e. The maximum Gasteiger partial charge on any atom is 0.0218 e. The van der Waals surface area contributed by atoms with Crippen LogP contribution in [-0.4, -0.2) is 61.7 Å². The van der Waals surface area contributed by atoms with Crippen LogP contribution in [0.1, 0.15) is 47.0 Å². The molecule has 0 amide bonds. The van der Waals surface area contributed by atoms with E-state index in [0.717, 1.165) is 12.5 Å². The fourth-order valence-electron chi connectivity index (χ4n) is 2.97. The zero-order chi connectivity index (χ0) is 14.5. The number of nitrogens with zero attached hydrogens (tertiary/aromatic N) is 2. The van der Waals surface area contributed by atoms with E-state index in [1.54, 1.807) is 0 Å². The van der Waals surface area contributed by atoms with Crippen molar-refractivity contribution in [3.63, 3.8) is 0 Å². The highest BCUT2D eigenvalue weighted by atomic mass is 15.2. The van der Waals surface area contributed by atoms with Crippen LogP contribution in [0.25, 0.3) is 0 Å². The Hall–Kier alpha value is -0.120. The summed E-state index contributed by atoms with van der Waals surface area (Å²) in [7, 11) is 4.38. The Morgan fingerprint density at radius 1 is 1.21 bits per heavy atom. The number of nitrogens with one attached hydrogen (secondary N) is 1. The molecular weight excluding hydrogens is 234 g/mol. The zero-order valence-electron chi connectivity index (χ0n) is 14.0. The summed E-state index contributed by atoms with van der Waals surface area (Å²) < 4.78 is 0. The lowest BCUT2D eigenvalue weighted by Crippen LogP contribution is -2.50. The first-order chi connectivity index (χ1) is 8.81. The smallest absolute Gasteiger partial charge is 0.0218 e. The van der Waals surface area contributed by atoms with Crippen molar-refractivity contribution >= 4 is 0 Å². The summed E-state index contributed by atoms with van der Waals surface area (Å²) in [6.07, 6.45) is 3.98. The lowest BCUT2D eigenvalue weighted by Gasteiger charge is -2.39. The van der Waals surface area contributed by atoms with Crippen LogP contribution < -0.4 is 5.32 Å². The fourth-order valence-corrected chi connectivity index (χ4v) is 2.97. The third-order valence-corrected chi connectivity index (χ3v) is 4.13. The first-order valence-corrected chi connectivity index (χ1v) is 7.95. The van der Waals surface area contributed by atoms with Gasteiger partial charge in [0.1, 0.15) is 0 Å². The molecule has 1 unspecified atom stereocenters. The van der Waals surface area contributed by atoms with Gasteiger partial charge in [-0.2, -0.15) is 0 Å². The third kappa shape index (κ3) is 6.73. The molecule has 1 atom stereocenters. The summed E-state index contributed by atoms with van der Waals surface area (Å²) in [6.45, 7) is 14.0. The second-order valence-corrected chi connectivity index (χ2v) is 7.43. The third-order valence-electron chi connectivity index (χ3n) is 4.13. The molecule has 1 heterocycles. The predicted octanol–water partition coefficient (Wildman–Crippen LogP) is 2.43. The van der Waals surface area contributed by atoms with Gasteiger partial charge in [0, 0.05) is 24.7 Å². The Bertz CT molecular complexity index is 237. The molecule has 1 saturated heterocycles. The number of hydrogen-bond acceptors (Lipinski definition) is 3. The van der Waals surface area contributed by atoms with Crippen LogP contribution in [0.4, 0.5) is 0 Å². The van der Waals surface area contributed by atoms with E-state index in [-0.39, 0.29) is 5.54 Å². The summed E-state index contributed by atoms with van der Waals surface area (Å²) in [4.78, 5) is 5.03. The second kappa shape index (κ2) is 7.61. The normalized spacial score (nSPS) is 21.0. The van der Waals surface area contributed by atoms with Gasteiger partial charge < -0.3 is 10.2 Å². The van der Waals surface area contributed by atoms with Gasteiger partial charge in [-0.15, -0.1) is 0 Å². The molecule has 0 aromatic carbocycles. The molecule has 19 heavy (non-hydrogen) atoms. The molecule has 0 bridgehead atoms. The van der Waals surface area contributed by atoms with E-state index in [1.165, 1.54) is 38.9 Å². The maximum absolute atomic E-state index is 3.66. The predicted molar refractivity (Wildman–Crippen MR) is 84.7 cm³/mol. The minimum atomic E-state index is 0.233. The standard InChI is InChI=1S/C16H35N3/c1-7-15(12-17-16(2,3)4)19-10-8-14(9-11-19)13-18(5)6/h14-15,17H,7-13H2,1-6H3. The minimum Gasteiger partial charge on any atom is -0.311 e. The van der Waals surface area contributed by atoms with Gasteiger partial charge in [0.2, 0.25) is 0 Å². The Balaban J connectivity index is 2.35. The number of hydrogen-bond donors (Lipinski definition) is 1. The van der Waals surface area contributed by atoms with Crippen molar-refractivity contribution in [3.05, 3.63) is 0 Å². The van der Waals surface area contributed by atoms with Crippen LogP contribution in [-0.2, 0) is 0 Å². The molecule has 1 aliphatic heterocycles. The van der Waals surface area contributed by atoms with Gasteiger partial charge in [0.15, 0.2) is 0 Å². The summed E-state index contributed by atoms with van der Waals surface area (Å²) in [5.74, 6) is 0.902. The summed E-state index contributed by atoms with van der Waals surface area (Å²) in [5, 5.41) is 3.66. The monoisotopic (exact) mass is 269 g/mol. The lowest BCUT2D eigenvalue weighted by molar-refractivity contribution is 0.112. The molecule has 3 heteroatoms. The van der Waals surface area contributed by atoms with Crippen molar-refractivity contribution in [2.45, 2.75) is 58.5 Å². The molecule has 1 aliphatic rings. The van der Waals surface area contributed by atoms with E-state index in [1.807, 2.05) is 0 Å². The van der Waals surface area contributed by atoms with Crippen molar-refractivity contribution in [2.24, 2.45) is 5.92 Å². The van der Waals surface area contributed by atoms with E-state index in [9.17, 15) is 0 Å². The van der Waals surface area contributed by atoms with E-state index < -0.39 is 0 Å². The SMILES string of the molecule is CCC(CNC(C)(C)C)N1CCC(CN(C)C)CC1. The molecule has 0 spiro atoms. The Morgan fingerprint density at radius 3 is 2.21 bits per heavy atom. The van der Waals surface area contributed by atoms with Crippen LogP contribution in [0.3, 0.4) is 0 Å². The Morgan fingerprint density at radius 2 is 1.79 bits per heavy atom. The Labute approximate surface area is 120 Å². The van der Waals surface area contributed by atoms with Gasteiger partial charge in [-0.3, -0.25) is 4.90 Å². The Kier molecular flexibility index (Phi) is 6.78. The van der Waals surface area contributed by atoms with Gasteiger partial charge in [-0.25, -0.2) is 0 Å². The topological polar surface area (TPSA) is 18.5 Å². The summed E-state index contributed by atoms with van der Waals surface area (Å²) in [6, 6.07) is 0.708. The van der Waals surface area contributed by atoms with Crippen molar-refractivity contribution in [1.82, 2.24) is 15.1 Å². The van der Waals surface area contributed by atoms with E-state index >= 15 is 0 Å². The van der Waals surface area contributed by atoms with Crippen LogP contribution in [0.5, 0.6) is 0 Å². The molecule has 0 aliphatic carbocycles. The first-order valence-electron chi connectivity index (χ1n) is 7.95. The molecular formula is C16H35N3. The average molecular weight is 269 g/mol. The molecule has 0 saturated carbocycles. The highest BCUT2D eigenvalue weighted by Crippen LogP contribution is 2.20. The molecule has 0 radical (unpaired) electrons. The molecule has 3 nitrogen and oxygen atoms in total. The average Bonchev–Trinajstić information content (AvgIpc) is 2.29. The highest BCUT2D eigenvalue weighted by Gasteiger charge is 2.25. The van der Waals surface area contributed by atoms with Crippen LogP contribution in [0.2, 0.25) is 0 Å². The highest BCUT2D eigenvalue weighted by molar-refractivity contribution is 4.82. The van der Waals surface area contributed by atoms with Crippen molar-refractivity contribution in [3.8, 4) is 0 Å². The number of likely N-dealkylation sites (tertiary alicyclic amines) is 1. The van der Waals surface area contributed by atoms with E-state index in [2.05, 4.69) is 56.9 Å². The van der Waals surface area contributed by atoms with Gasteiger partial charge >= 0.3 is 0 Å². The zero-order valence-corrected chi connectivity index (χ0v) is 14.0. The van der Waals surface area contributed by atoms with Gasteiger partial charge in [-0.05, 0) is 73.1 Å². The number of piperidine rings is 1. The van der Waals surface area contributed by atoms with Crippen molar-refractivity contribution in [1.29, 1.82) is 0 Å². The molecule has 1 N–H and O–H groups in total. The fraction of sp³-hybridized carbons (Fsp3) is 1.00. The minimum absolute atomic E-state index is 0.233. The quantitative estimate of drug-likeness (QED) is 0.799. The first kappa shape index (κ1) is 16.9. The molecule has 1 rings (SSSR count). The van der Waals surface area contributed by atoms with Crippen molar-refractivity contribution in [2.75, 3.05) is 40.3 Å². The van der Waals surface area contributed by atoms with E-state index in [0.29, 0.717) is 6.04 Å². The van der Waals surface area contributed by atoms with Crippen LogP contribution in [0, 0.1) is 5.92 Å². The summed E-state index contributed by atoms with van der Waals surface area (Å²) >= 11 is 0. The maximum atomic E-state index is 3.66. The molecule has 1 fully saturated rings. The van der Waals surface area contributed by atoms with Crippen LogP contribution >= 0.6 is 0 Å². The van der Waals surface area contributed by atoms with Crippen LogP contribution in [0.15, 0.2) is 0 Å². The number of rotatable bonds is 6.